The van der Waals surface area contributed by atoms with Crippen molar-refractivity contribution in [2.24, 2.45) is 5.73 Å². The molecule has 114 valence electrons. The summed E-state index contributed by atoms with van der Waals surface area (Å²) >= 11 is 0. The van der Waals surface area contributed by atoms with Crippen LogP contribution < -0.4 is 10.5 Å². The lowest BCUT2D eigenvalue weighted by molar-refractivity contribution is -0.138. The molecule has 7 heteroatoms. The molecule has 0 radical (unpaired) electrons. The molecule has 0 saturated carbocycles. The molecule has 0 bridgehead atoms. The highest BCUT2D eigenvalue weighted by molar-refractivity contribution is 5.85. The van der Waals surface area contributed by atoms with Crippen molar-refractivity contribution < 1.29 is 24.1 Å². The molecule has 20 heavy (non-hydrogen) atoms. The van der Waals surface area contributed by atoms with E-state index in [0.29, 0.717) is 18.6 Å². The number of hydrogen-bond donors (Lipinski definition) is 3. The average molecular weight is 308 g/mol. The van der Waals surface area contributed by atoms with Crippen molar-refractivity contribution in [1.82, 2.24) is 0 Å². The molecule has 0 aliphatic heterocycles. The molecule has 2 atom stereocenters. The van der Waals surface area contributed by atoms with Gasteiger partial charge in [0.2, 0.25) is 0 Å². The van der Waals surface area contributed by atoms with Crippen molar-refractivity contribution in [3.8, 4) is 5.75 Å². The summed E-state index contributed by atoms with van der Waals surface area (Å²) in [6.45, 7) is -0.940. The lowest BCUT2D eigenvalue weighted by Gasteiger charge is -2.10. The normalized spacial score (nSPS) is 13.2. The lowest BCUT2D eigenvalue weighted by Crippen LogP contribution is -2.30. The largest absolute Gasteiger partial charge is 0.491 e. The Balaban J connectivity index is 0.00000361. The number of halogens is 2. The fourth-order valence-electron chi connectivity index (χ4n) is 1.43. The number of hydrogen-bond acceptors (Lipinski definition) is 4. The number of carboxylic acids is 1. The molecule has 0 aromatic heterocycles. The first kappa shape index (κ1) is 18.6. The fourth-order valence-corrected chi connectivity index (χ4v) is 1.43. The second-order valence-electron chi connectivity index (χ2n) is 4.25. The molecule has 1 aromatic rings. The summed E-state index contributed by atoms with van der Waals surface area (Å²) in [5, 5.41) is 17.7. The van der Waals surface area contributed by atoms with Gasteiger partial charge in [0.05, 0.1) is 0 Å². The Morgan fingerprint density at radius 2 is 1.95 bits per heavy atom. The van der Waals surface area contributed by atoms with Crippen molar-refractivity contribution in [3.05, 3.63) is 29.8 Å². The van der Waals surface area contributed by atoms with E-state index >= 15 is 0 Å². The van der Waals surface area contributed by atoms with Gasteiger partial charge in [0.25, 0.3) is 0 Å². The summed E-state index contributed by atoms with van der Waals surface area (Å²) in [6.07, 6.45) is -0.204. The number of carbonyl (C=O) groups is 1. The van der Waals surface area contributed by atoms with Gasteiger partial charge in [0.1, 0.15) is 31.2 Å². The summed E-state index contributed by atoms with van der Waals surface area (Å²) < 4.78 is 17.2. The second-order valence-corrected chi connectivity index (χ2v) is 4.25. The number of nitrogens with two attached hydrogens (primary N) is 1. The maximum absolute atomic E-state index is 12.0. The molecule has 0 fully saturated rings. The molecule has 0 spiro atoms. The smallest absolute Gasteiger partial charge is 0.320 e. The Morgan fingerprint density at radius 3 is 2.45 bits per heavy atom. The van der Waals surface area contributed by atoms with Gasteiger partial charge in [-0.05, 0) is 30.5 Å². The lowest BCUT2D eigenvalue weighted by atomic mass is 10.1. The van der Waals surface area contributed by atoms with Gasteiger partial charge in [0, 0.05) is 0 Å². The monoisotopic (exact) mass is 307 g/mol. The number of ether oxygens (including phenoxy) is 1. The number of aliphatic carboxylic acids is 1. The van der Waals surface area contributed by atoms with Crippen LogP contribution in [0.2, 0.25) is 0 Å². The second kappa shape index (κ2) is 9.52. The van der Waals surface area contributed by atoms with Crippen LogP contribution in [0.5, 0.6) is 5.75 Å². The minimum atomic E-state index is -1.12. The number of rotatable bonds is 8. The van der Waals surface area contributed by atoms with Crippen LogP contribution in [0.3, 0.4) is 0 Å². The average Bonchev–Trinajstić information content (AvgIpc) is 2.42. The maximum Gasteiger partial charge on any atom is 0.320 e. The van der Waals surface area contributed by atoms with Crippen LogP contribution in [0.15, 0.2) is 24.3 Å². The topological polar surface area (TPSA) is 92.8 Å². The van der Waals surface area contributed by atoms with Gasteiger partial charge in [-0.3, -0.25) is 4.79 Å². The van der Waals surface area contributed by atoms with Gasteiger partial charge >= 0.3 is 5.97 Å². The van der Waals surface area contributed by atoms with Crippen LogP contribution in [-0.4, -0.2) is 41.6 Å². The molecule has 0 heterocycles. The van der Waals surface area contributed by atoms with Crippen molar-refractivity contribution in [2.75, 3.05) is 13.3 Å². The highest BCUT2D eigenvalue weighted by Crippen LogP contribution is 2.14. The van der Waals surface area contributed by atoms with Gasteiger partial charge in [-0.25, -0.2) is 4.39 Å². The van der Waals surface area contributed by atoms with E-state index in [1.165, 1.54) is 0 Å². The summed E-state index contributed by atoms with van der Waals surface area (Å²) in [6, 6.07) is 6.08. The summed E-state index contributed by atoms with van der Waals surface area (Å²) in [5.41, 5.74) is 6.34. The zero-order chi connectivity index (χ0) is 14.3. The number of aryl methyl sites for hydroxylation is 1. The molecular formula is C13H19ClFNO4. The number of aliphatic hydroxyl groups excluding tert-OH is 1. The molecule has 1 rings (SSSR count). The zero-order valence-corrected chi connectivity index (χ0v) is 11.7. The Labute approximate surface area is 123 Å². The zero-order valence-electron chi connectivity index (χ0n) is 10.9. The Hall–Kier alpha value is -1.37. The number of alkyl halides is 1. The first-order chi connectivity index (χ1) is 9.02. The van der Waals surface area contributed by atoms with Crippen molar-refractivity contribution in [3.63, 3.8) is 0 Å². The molecule has 0 aliphatic carbocycles. The number of benzene rings is 1. The number of carboxylic acid groups (broad SMARTS) is 1. The predicted octanol–water partition coefficient (Wildman–Crippen LogP) is 1.16. The van der Waals surface area contributed by atoms with E-state index in [1.54, 1.807) is 24.3 Å². The molecule has 0 aliphatic rings. The standard InChI is InChI=1S/C13H18FNO4.ClH/c14-7-10(16)8-19-11-4-1-9(2-5-11)3-6-12(15)13(17)18;/h1-2,4-5,10,12,16H,3,6-8,15H2,(H,17,18);1H. The quantitative estimate of drug-likeness (QED) is 0.670. The molecule has 5 nitrogen and oxygen atoms in total. The van der Waals surface area contributed by atoms with Crippen LogP contribution in [0.1, 0.15) is 12.0 Å². The van der Waals surface area contributed by atoms with E-state index in [1.807, 2.05) is 0 Å². The minimum Gasteiger partial charge on any atom is -0.491 e. The van der Waals surface area contributed by atoms with Gasteiger partial charge in [-0.1, -0.05) is 12.1 Å². The van der Waals surface area contributed by atoms with Gasteiger partial charge in [-0.2, -0.15) is 0 Å². The van der Waals surface area contributed by atoms with Crippen LogP contribution in [0.4, 0.5) is 4.39 Å². The Morgan fingerprint density at radius 1 is 1.35 bits per heavy atom. The Bertz CT molecular complexity index is 402. The SMILES string of the molecule is Cl.NC(CCc1ccc(OCC(O)CF)cc1)C(=O)O. The molecule has 2 unspecified atom stereocenters. The number of aliphatic hydroxyl groups is 1. The third kappa shape index (κ3) is 6.70. The minimum absolute atomic E-state index is 0. The van der Waals surface area contributed by atoms with Crippen LogP contribution in [-0.2, 0) is 11.2 Å². The van der Waals surface area contributed by atoms with Crippen molar-refractivity contribution in [1.29, 1.82) is 0 Å². The highest BCUT2D eigenvalue weighted by atomic mass is 35.5. The van der Waals surface area contributed by atoms with Crippen molar-refractivity contribution in [2.45, 2.75) is 25.0 Å². The third-order valence-electron chi connectivity index (χ3n) is 2.61. The molecule has 1 aromatic carbocycles. The van der Waals surface area contributed by atoms with Gasteiger partial charge in [-0.15, -0.1) is 12.4 Å². The van der Waals surface area contributed by atoms with Crippen LogP contribution in [0, 0.1) is 0 Å². The van der Waals surface area contributed by atoms with Gasteiger partial charge in [0.15, 0.2) is 0 Å². The predicted molar refractivity (Wildman–Crippen MR) is 75.1 cm³/mol. The van der Waals surface area contributed by atoms with E-state index in [2.05, 4.69) is 0 Å². The Kier molecular flexibility index (Phi) is 8.87. The summed E-state index contributed by atoms with van der Waals surface area (Å²) in [4.78, 5) is 10.6. The fraction of sp³-hybridized carbons (Fsp3) is 0.462. The van der Waals surface area contributed by atoms with Crippen LogP contribution in [0.25, 0.3) is 0 Å². The van der Waals surface area contributed by atoms with E-state index in [-0.39, 0.29) is 19.0 Å². The van der Waals surface area contributed by atoms with E-state index < -0.39 is 24.8 Å². The summed E-state index contributed by atoms with van der Waals surface area (Å²) in [7, 11) is 0. The van der Waals surface area contributed by atoms with Crippen molar-refractivity contribution >= 4 is 18.4 Å². The first-order valence-electron chi connectivity index (χ1n) is 5.97. The van der Waals surface area contributed by atoms with E-state index in [0.717, 1.165) is 5.56 Å². The highest BCUT2D eigenvalue weighted by Gasteiger charge is 2.11. The van der Waals surface area contributed by atoms with Gasteiger partial charge < -0.3 is 20.7 Å². The summed E-state index contributed by atoms with van der Waals surface area (Å²) in [5.74, 6) is -0.487. The molecule has 0 amide bonds. The van der Waals surface area contributed by atoms with E-state index in [9.17, 15) is 9.18 Å². The third-order valence-corrected chi connectivity index (χ3v) is 2.61. The first-order valence-corrected chi connectivity index (χ1v) is 5.97. The molecule has 4 N–H and O–H groups in total. The molecular weight excluding hydrogens is 289 g/mol. The van der Waals surface area contributed by atoms with E-state index in [4.69, 9.17) is 20.7 Å². The molecule has 0 saturated heterocycles. The maximum atomic E-state index is 12.0. The van der Waals surface area contributed by atoms with Crippen LogP contribution >= 0.6 is 12.4 Å².